The van der Waals surface area contributed by atoms with Gasteiger partial charge in [0.25, 0.3) is 0 Å². The Morgan fingerprint density at radius 1 is 0.492 bits per heavy atom. The summed E-state index contributed by atoms with van der Waals surface area (Å²) in [5.41, 5.74) is 13.1. The van der Waals surface area contributed by atoms with Gasteiger partial charge in [-0.1, -0.05) is 157 Å². The molecular weight excluding hydrogens is 964 g/mol. The van der Waals surface area contributed by atoms with Crippen molar-refractivity contribution in [3.05, 3.63) is 222 Å². The van der Waals surface area contributed by atoms with Gasteiger partial charge in [-0.05, 0) is 78.6 Å². The molecule has 0 spiro atoms. The van der Waals surface area contributed by atoms with Crippen LogP contribution in [0.5, 0.6) is 0 Å². The third kappa shape index (κ3) is 8.99. The van der Waals surface area contributed by atoms with Crippen LogP contribution in [-0.4, -0.2) is 9.97 Å². The minimum Gasteiger partial charge on any atom is -0.311 e. The van der Waals surface area contributed by atoms with Crippen LogP contribution in [0.3, 0.4) is 0 Å². The summed E-state index contributed by atoms with van der Waals surface area (Å²) in [6, 6.07) is 65.1. The van der Waals surface area contributed by atoms with E-state index in [2.05, 4.69) is 163 Å². The van der Waals surface area contributed by atoms with E-state index in [9.17, 15) is 0 Å². The fourth-order valence-corrected chi connectivity index (χ4v) is 11.2. The molecule has 0 aliphatic rings. The minimum atomic E-state index is -3.15. The zero-order valence-corrected chi connectivity index (χ0v) is 39.6. The second kappa shape index (κ2) is 18.2. The molecule has 9 aromatic carbocycles. The maximum absolute atomic E-state index is 15.1. The van der Waals surface area contributed by atoms with Crippen molar-refractivity contribution in [2.75, 3.05) is 0 Å². The number of hydrogen-bond donors (Lipinski definition) is 0. The predicted octanol–water partition coefficient (Wildman–Crippen LogP) is 13.7. The second-order valence-electron chi connectivity index (χ2n) is 16.5. The van der Waals surface area contributed by atoms with E-state index in [-0.39, 0.29) is 20.1 Å². The Labute approximate surface area is 384 Å². The summed E-state index contributed by atoms with van der Waals surface area (Å²) in [5.74, 6) is 0. The van der Waals surface area contributed by atoms with Crippen LogP contribution in [0, 0.1) is 53.7 Å². The summed E-state index contributed by atoms with van der Waals surface area (Å²) in [7, 11) is -3.15. The number of aryl methyl sites for hydroxylation is 6. The van der Waals surface area contributed by atoms with Gasteiger partial charge in [0.1, 0.15) is 7.14 Å². The van der Waals surface area contributed by atoms with Crippen LogP contribution < -0.4 is 15.9 Å². The molecule has 1 aromatic heterocycles. The summed E-state index contributed by atoms with van der Waals surface area (Å²) >= 11 is 0. The van der Waals surface area contributed by atoms with Gasteiger partial charge in [-0.2, -0.15) is 18.2 Å². The van der Waals surface area contributed by atoms with Gasteiger partial charge in [0.2, 0.25) is 0 Å². The standard InChI is InChI=1S/C30H20OP.C28H27N2.Ir/c31-32(28-16-13-22-7-1-4-10-25(22)19-28,29-17-14-23-8-2-5-11-26(23)20-29)30-18-15-24-9-3-6-12-27(24)21-30;1-17-7-8-22(6)25(15-17)26-16-29-27(23-11-18(2)9-19(3)12-23)28(30-26)24-13-20(4)10-21(5)14-24;/h1-17,19-21H;7-11,13-16H,1-6H3;/q2*-1;. The van der Waals surface area contributed by atoms with Gasteiger partial charge in [0.05, 0.1) is 11.4 Å². The van der Waals surface area contributed by atoms with E-state index in [1.807, 2.05) is 66.9 Å². The minimum absolute atomic E-state index is 0. The van der Waals surface area contributed by atoms with Gasteiger partial charge < -0.3 is 9.55 Å². The molecule has 1 heterocycles. The van der Waals surface area contributed by atoms with Crippen LogP contribution in [-0.2, 0) is 24.7 Å². The molecule has 5 heteroatoms. The summed E-state index contributed by atoms with van der Waals surface area (Å²) in [6.45, 7) is 12.7. The fourth-order valence-electron chi connectivity index (χ4n) is 8.53. The number of nitrogens with zero attached hydrogens (tertiary/aromatic N) is 2. The van der Waals surface area contributed by atoms with Crippen LogP contribution >= 0.6 is 7.14 Å². The van der Waals surface area contributed by atoms with Crippen molar-refractivity contribution in [3.63, 3.8) is 0 Å². The molecular formula is C58H47IrN2OP-2. The number of benzene rings is 9. The third-order valence-corrected chi connectivity index (χ3v) is 14.5. The average molecular weight is 1010 g/mol. The number of aromatic nitrogens is 2. The molecule has 10 rings (SSSR count). The molecule has 1 radical (unpaired) electrons. The van der Waals surface area contributed by atoms with Gasteiger partial charge in [-0.15, -0.1) is 51.7 Å². The van der Waals surface area contributed by atoms with Crippen LogP contribution in [0.1, 0.15) is 33.4 Å². The first kappa shape index (κ1) is 43.4. The van der Waals surface area contributed by atoms with E-state index in [0.717, 1.165) is 87.6 Å². The number of rotatable bonds is 6. The Morgan fingerprint density at radius 3 is 1.65 bits per heavy atom. The van der Waals surface area contributed by atoms with E-state index in [0.29, 0.717) is 0 Å². The van der Waals surface area contributed by atoms with Gasteiger partial charge in [0.15, 0.2) is 0 Å². The molecule has 0 aliphatic heterocycles. The quantitative estimate of drug-likeness (QED) is 0.123. The smallest absolute Gasteiger partial charge is 0.147 e. The Bertz CT molecular complexity index is 3130. The van der Waals surface area contributed by atoms with E-state index >= 15 is 4.57 Å². The predicted molar refractivity (Wildman–Crippen MR) is 263 cm³/mol. The summed E-state index contributed by atoms with van der Waals surface area (Å²) < 4.78 is 15.1. The molecule has 0 amide bonds. The first-order valence-corrected chi connectivity index (χ1v) is 22.8. The molecule has 0 atom stereocenters. The van der Waals surface area contributed by atoms with Gasteiger partial charge in [0, 0.05) is 48.2 Å². The van der Waals surface area contributed by atoms with Crippen molar-refractivity contribution >= 4 is 55.4 Å². The fraction of sp³-hybridized carbons (Fsp3) is 0.103. The van der Waals surface area contributed by atoms with Crippen LogP contribution in [0.25, 0.3) is 66.1 Å². The zero-order valence-electron chi connectivity index (χ0n) is 36.3. The van der Waals surface area contributed by atoms with Crippen molar-refractivity contribution < 1.29 is 24.7 Å². The monoisotopic (exact) mass is 1010 g/mol. The molecule has 0 unspecified atom stereocenters. The normalized spacial score (nSPS) is 11.3. The Hall–Kier alpha value is -6.28. The molecule has 0 aliphatic carbocycles. The van der Waals surface area contributed by atoms with Crippen molar-refractivity contribution in [1.29, 1.82) is 0 Å². The molecule has 0 saturated carbocycles. The van der Waals surface area contributed by atoms with Gasteiger partial charge >= 0.3 is 0 Å². The molecule has 311 valence electrons. The van der Waals surface area contributed by atoms with Crippen molar-refractivity contribution in [3.8, 4) is 33.8 Å². The van der Waals surface area contributed by atoms with Gasteiger partial charge in [-0.3, -0.25) is 4.98 Å². The van der Waals surface area contributed by atoms with Crippen LogP contribution in [0.4, 0.5) is 0 Å². The maximum atomic E-state index is 15.1. The summed E-state index contributed by atoms with van der Waals surface area (Å²) in [4.78, 5) is 10.1. The average Bonchev–Trinajstić information content (AvgIpc) is 3.28. The van der Waals surface area contributed by atoms with E-state index in [4.69, 9.17) is 9.97 Å². The molecule has 10 aromatic rings. The van der Waals surface area contributed by atoms with Gasteiger partial charge in [-0.25, -0.2) is 0 Å². The summed E-state index contributed by atoms with van der Waals surface area (Å²) in [6.07, 6.45) is 1.90. The Kier molecular flexibility index (Phi) is 12.5. The third-order valence-electron chi connectivity index (χ3n) is 11.5. The maximum Gasteiger partial charge on any atom is 0.147 e. The SMILES string of the molecule is Cc1[c-]c(-c2ncc(-c3cc(C)ccc3C)nc2-c2cc(C)cc(C)c2)cc(C)c1.O=P(c1[c-]cc2ccccc2c1)(c1ccc2ccccc2c1)c1ccc2ccccc2c1.[Ir]. The van der Waals surface area contributed by atoms with Crippen molar-refractivity contribution in [2.45, 2.75) is 41.5 Å². The van der Waals surface area contributed by atoms with Crippen molar-refractivity contribution in [2.24, 2.45) is 0 Å². The zero-order chi connectivity index (χ0) is 43.0. The molecule has 0 saturated heterocycles. The number of fused-ring (bicyclic) bond motifs is 3. The van der Waals surface area contributed by atoms with E-state index in [1.165, 1.54) is 27.8 Å². The molecule has 3 nitrogen and oxygen atoms in total. The van der Waals surface area contributed by atoms with Crippen molar-refractivity contribution in [1.82, 2.24) is 9.97 Å². The molecule has 0 fully saturated rings. The largest absolute Gasteiger partial charge is 0.311 e. The second-order valence-corrected chi connectivity index (χ2v) is 19.3. The molecule has 0 bridgehead atoms. The summed E-state index contributed by atoms with van der Waals surface area (Å²) in [5, 5.41) is 9.03. The van der Waals surface area contributed by atoms with E-state index < -0.39 is 7.14 Å². The first-order chi connectivity index (χ1) is 30.0. The first-order valence-electron chi connectivity index (χ1n) is 21.1. The Balaban J connectivity index is 0.000000171. The van der Waals surface area contributed by atoms with E-state index in [1.54, 1.807) is 0 Å². The molecule has 63 heavy (non-hydrogen) atoms. The Morgan fingerprint density at radius 2 is 1.05 bits per heavy atom. The molecule has 0 N–H and O–H groups in total. The number of hydrogen-bond acceptors (Lipinski definition) is 3. The van der Waals surface area contributed by atoms with Crippen LogP contribution in [0.15, 0.2) is 176 Å². The van der Waals surface area contributed by atoms with Crippen LogP contribution in [0.2, 0.25) is 0 Å². The topological polar surface area (TPSA) is 42.9 Å².